The molecule has 0 fully saturated rings. The van der Waals surface area contributed by atoms with Crippen molar-refractivity contribution in [3.63, 3.8) is 0 Å². The predicted molar refractivity (Wildman–Crippen MR) is 58.7 cm³/mol. The maximum atomic E-state index is 11.7. The third-order valence-corrected chi connectivity index (χ3v) is 3.59. The molecule has 0 atom stereocenters. The van der Waals surface area contributed by atoms with Crippen molar-refractivity contribution in [3.8, 4) is 0 Å². The number of carbonyl (C=O) groups is 1. The van der Waals surface area contributed by atoms with Gasteiger partial charge in [-0.3, -0.25) is 4.79 Å². The van der Waals surface area contributed by atoms with Crippen molar-refractivity contribution >= 4 is 16.0 Å². The highest BCUT2D eigenvalue weighted by Crippen LogP contribution is 2.16. The van der Waals surface area contributed by atoms with Crippen molar-refractivity contribution in [2.75, 3.05) is 6.54 Å². The second-order valence-electron chi connectivity index (χ2n) is 3.49. The second kappa shape index (κ2) is 4.63. The van der Waals surface area contributed by atoms with E-state index < -0.39 is 22.5 Å². The van der Waals surface area contributed by atoms with Gasteiger partial charge >= 0.3 is 5.97 Å². The van der Waals surface area contributed by atoms with Crippen molar-refractivity contribution in [2.24, 2.45) is 0 Å². The number of aliphatic carboxylic acids is 1. The van der Waals surface area contributed by atoms with E-state index in [2.05, 4.69) is 0 Å². The fourth-order valence-electron chi connectivity index (χ4n) is 1.23. The average Bonchev–Trinajstić information content (AvgIpc) is 2.19. The minimum Gasteiger partial charge on any atom is -0.480 e. The summed E-state index contributed by atoms with van der Waals surface area (Å²) in [5.74, 6) is -1.21. The van der Waals surface area contributed by atoms with Gasteiger partial charge in [0, 0.05) is 0 Å². The van der Waals surface area contributed by atoms with Crippen molar-refractivity contribution in [2.45, 2.75) is 18.7 Å². The van der Waals surface area contributed by atoms with E-state index in [9.17, 15) is 13.2 Å². The number of benzene rings is 1. The predicted octanol–water partition coefficient (Wildman–Crippen LogP) is 0.666. The van der Waals surface area contributed by atoms with Crippen LogP contribution in [0.1, 0.15) is 11.1 Å². The first-order valence-corrected chi connectivity index (χ1v) is 6.10. The van der Waals surface area contributed by atoms with Crippen molar-refractivity contribution in [1.29, 1.82) is 0 Å². The molecule has 1 rings (SSSR count). The van der Waals surface area contributed by atoms with Gasteiger partial charge in [0.2, 0.25) is 10.0 Å². The van der Waals surface area contributed by atoms with E-state index in [0.29, 0.717) is 5.56 Å². The van der Waals surface area contributed by atoms with Crippen LogP contribution in [0.25, 0.3) is 0 Å². The zero-order valence-corrected chi connectivity index (χ0v) is 9.84. The summed E-state index contributed by atoms with van der Waals surface area (Å²) in [6.07, 6.45) is 0. The maximum absolute atomic E-state index is 11.7. The fraction of sp³-hybridized carbons (Fsp3) is 0.300. The fourth-order valence-corrected chi connectivity index (χ4v) is 2.53. The Morgan fingerprint density at radius 2 is 2.00 bits per heavy atom. The van der Waals surface area contributed by atoms with E-state index >= 15 is 0 Å². The largest absolute Gasteiger partial charge is 0.480 e. The summed E-state index contributed by atoms with van der Waals surface area (Å²) >= 11 is 0. The molecule has 1 aromatic carbocycles. The van der Waals surface area contributed by atoms with Crippen LogP contribution in [0.15, 0.2) is 23.1 Å². The third-order valence-electron chi connectivity index (χ3n) is 2.05. The highest BCUT2D eigenvalue weighted by Gasteiger charge is 2.17. The van der Waals surface area contributed by atoms with Crippen LogP contribution in [-0.4, -0.2) is 26.0 Å². The Morgan fingerprint density at radius 1 is 1.38 bits per heavy atom. The molecule has 0 aromatic heterocycles. The molecule has 0 radical (unpaired) electrons. The summed E-state index contributed by atoms with van der Waals surface area (Å²) in [4.78, 5) is 10.4. The zero-order valence-electron chi connectivity index (χ0n) is 9.02. The number of hydrogen-bond donors (Lipinski definition) is 2. The minimum absolute atomic E-state index is 0.119. The summed E-state index contributed by atoms with van der Waals surface area (Å²) in [7, 11) is -3.74. The van der Waals surface area contributed by atoms with Crippen LogP contribution in [0.5, 0.6) is 0 Å². The molecule has 0 aliphatic heterocycles. The molecule has 0 saturated heterocycles. The number of carboxylic acids is 1. The average molecular weight is 243 g/mol. The van der Waals surface area contributed by atoms with Crippen LogP contribution < -0.4 is 4.72 Å². The van der Waals surface area contributed by atoms with Gasteiger partial charge in [-0.25, -0.2) is 8.42 Å². The summed E-state index contributed by atoms with van der Waals surface area (Å²) in [5, 5.41) is 8.42. The minimum atomic E-state index is -3.74. The summed E-state index contributed by atoms with van der Waals surface area (Å²) in [6.45, 7) is 2.82. The summed E-state index contributed by atoms with van der Waals surface area (Å²) in [6, 6.07) is 5.00. The Morgan fingerprint density at radius 3 is 2.56 bits per heavy atom. The number of hydrogen-bond acceptors (Lipinski definition) is 3. The number of aryl methyl sites for hydroxylation is 2. The molecule has 0 heterocycles. The maximum Gasteiger partial charge on any atom is 0.318 e. The molecule has 2 N–H and O–H groups in total. The lowest BCUT2D eigenvalue weighted by Gasteiger charge is -2.08. The first-order valence-electron chi connectivity index (χ1n) is 4.61. The molecule has 1 aromatic rings. The monoisotopic (exact) mass is 243 g/mol. The summed E-state index contributed by atoms with van der Waals surface area (Å²) < 4.78 is 25.5. The first-order chi connectivity index (χ1) is 7.33. The van der Waals surface area contributed by atoms with Gasteiger partial charge in [-0.2, -0.15) is 4.72 Å². The van der Waals surface area contributed by atoms with Crippen LogP contribution >= 0.6 is 0 Å². The highest BCUT2D eigenvalue weighted by atomic mass is 32.2. The summed E-state index contributed by atoms with van der Waals surface area (Å²) in [5.41, 5.74) is 1.39. The Balaban J connectivity index is 3.07. The lowest BCUT2D eigenvalue weighted by Crippen LogP contribution is -2.29. The van der Waals surface area contributed by atoms with E-state index in [0.717, 1.165) is 5.56 Å². The zero-order chi connectivity index (χ0) is 12.3. The standard InChI is InChI=1S/C10H13NO4S/c1-7-3-4-8(2)9(5-7)16(14,15)11-6-10(12)13/h3-5,11H,6H2,1-2H3,(H,12,13). The van der Waals surface area contributed by atoms with Gasteiger partial charge in [0.1, 0.15) is 6.54 Å². The van der Waals surface area contributed by atoms with E-state index in [1.54, 1.807) is 26.0 Å². The van der Waals surface area contributed by atoms with Crippen LogP contribution in [0.4, 0.5) is 0 Å². The van der Waals surface area contributed by atoms with Crippen molar-refractivity contribution in [3.05, 3.63) is 29.3 Å². The molecule has 0 saturated carbocycles. The molecular weight excluding hydrogens is 230 g/mol. The van der Waals surface area contributed by atoms with Crippen molar-refractivity contribution in [1.82, 2.24) is 4.72 Å². The molecule has 88 valence electrons. The van der Waals surface area contributed by atoms with Gasteiger partial charge in [0.25, 0.3) is 0 Å². The van der Waals surface area contributed by atoms with E-state index in [4.69, 9.17) is 5.11 Å². The second-order valence-corrected chi connectivity index (χ2v) is 5.22. The van der Waals surface area contributed by atoms with E-state index in [1.807, 2.05) is 4.72 Å². The molecule has 0 spiro atoms. The molecular formula is C10H13NO4S. The number of sulfonamides is 1. The molecule has 0 aliphatic rings. The number of nitrogens with one attached hydrogen (secondary N) is 1. The molecule has 5 nitrogen and oxygen atoms in total. The topological polar surface area (TPSA) is 83.5 Å². The van der Waals surface area contributed by atoms with Gasteiger partial charge in [0.15, 0.2) is 0 Å². The van der Waals surface area contributed by atoms with Crippen LogP contribution in [0, 0.1) is 13.8 Å². The van der Waals surface area contributed by atoms with Gasteiger partial charge < -0.3 is 5.11 Å². The van der Waals surface area contributed by atoms with Crippen LogP contribution in [0.3, 0.4) is 0 Å². The van der Waals surface area contributed by atoms with Gasteiger partial charge in [-0.1, -0.05) is 12.1 Å². The van der Waals surface area contributed by atoms with Gasteiger partial charge in [-0.05, 0) is 31.0 Å². The molecule has 16 heavy (non-hydrogen) atoms. The van der Waals surface area contributed by atoms with Crippen LogP contribution in [0.2, 0.25) is 0 Å². The highest BCUT2D eigenvalue weighted by molar-refractivity contribution is 7.89. The van der Waals surface area contributed by atoms with Gasteiger partial charge in [0.05, 0.1) is 4.90 Å². The SMILES string of the molecule is Cc1ccc(C)c(S(=O)(=O)NCC(=O)O)c1. The quantitative estimate of drug-likeness (QED) is 0.814. The van der Waals surface area contributed by atoms with Crippen molar-refractivity contribution < 1.29 is 18.3 Å². The molecule has 6 heteroatoms. The Labute approximate surface area is 94.2 Å². The lowest BCUT2D eigenvalue weighted by atomic mass is 10.2. The third kappa shape index (κ3) is 3.04. The van der Waals surface area contributed by atoms with Crippen LogP contribution in [-0.2, 0) is 14.8 Å². The molecule has 0 unspecified atom stereocenters. The Kier molecular flexibility index (Phi) is 3.66. The number of rotatable bonds is 4. The Bertz CT molecular complexity index is 508. The molecule has 0 aliphatic carbocycles. The van der Waals surface area contributed by atoms with E-state index in [-0.39, 0.29) is 4.90 Å². The normalized spacial score (nSPS) is 11.4. The Hall–Kier alpha value is -1.40. The number of carboxylic acid groups (broad SMARTS) is 1. The molecule has 0 bridgehead atoms. The molecule has 0 amide bonds. The van der Waals surface area contributed by atoms with Gasteiger partial charge in [-0.15, -0.1) is 0 Å². The van der Waals surface area contributed by atoms with E-state index in [1.165, 1.54) is 6.07 Å². The first kappa shape index (κ1) is 12.7. The lowest BCUT2D eigenvalue weighted by molar-refractivity contribution is -0.135. The smallest absolute Gasteiger partial charge is 0.318 e.